The third kappa shape index (κ3) is 14.1. The Kier molecular flexibility index (Phi) is 16.8. The third-order valence-corrected chi connectivity index (χ3v) is 5.70. The number of ether oxygens (including phenoxy) is 1. The van der Waals surface area contributed by atoms with Crippen LogP contribution < -0.4 is 0 Å². The second kappa shape index (κ2) is 19.0. The number of allylic oxidation sites excluding steroid dienone is 2. The highest BCUT2D eigenvalue weighted by atomic mass is 16.5. The van der Waals surface area contributed by atoms with Crippen molar-refractivity contribution in [2.24, 2.45) is 0 Å². The number of pyridine rings is 1. The lowest BCUT2D eigenvalue weighted by atomic mass is 10.0. The summed E-state index contributed by atoms with van der Waals surface area (Å²) in [4.78, 5) is 15.5. The van der Waals surface area contributed by atoms with Gasteiger partial charge in [0.15, 0.2) is 0 Å². The molecule has 0 amide bonds. The van der Waals surface area contributed by atoms with Crippen LogP contribution in [0.5, 0.6) is 0 Å². The van der Waals surface area contributed by atoms with Gasteiger partial charge in [-0.15, -0.1) is 0 Å². The molecule has 1 atom stereocenters. The number of unbranched alkanes of at least 4 members (excludes halogenated alkanes) is 12. The van der Waals surface area contributed by atoms with Gasteiger partial charge < -0.3 is 9.84 Å². The van der Waals surface area contributed by atoms with Gasteiger partial charge in [0.2, 0.25) is 0 Å². The summed E-state index contributed by atoms with van der Waals surface area (Å²) in [6.07, 6.45) is 24.6. The minimum absolute atomic E-state index is 0.0126. The smallest absolute Gasteiger partial charge is 0.337 e. The van der Waals surface area contributed by atoms with E-state index in [1.807, 2.05) is 6.92 Å². The molecule has 0 saturated heterocycles. The molecule has 1 aromatic heterocycles. The Morgan fingerprint density at radius 2 is 1.55 bits per heavy atom. The maximum Gasteiger partial charge on any atom is 0.337 e. The van der Waals surface area contributed by atoms with Crippen LogP contribution >= 0.6 is 0 Å². The number of hydrogen-bond acceptors (Lipinski definition) is 3. The van der Waals surface area contributed by atoms with Gasteiger partial charge in [-0.3, -0.25) is 4.98 Å². The highest BCUT2D eigenvalue weighted by Crippen LogP contribution is 2.18. The van der Waals surface area contributed by atoms with E-state index in [2.05, 4.69) is 24.1 Å². The van der Waals surface area contributed by atoms with E-state index in [4.69, 9.17) is 4.74 Å². The fourth-order valence-corrected chi connectivity index (χ4v) is 3.78. The summed E-state index contributed by atoms with van der Waals surface area (Å²) >= 11 is 0. The quantitative estimate of drug-likeness (QED) is 0.168. The van der Waals surface area contributed by atoms with Crippen LogP contribution in [0.3, 0.4) is 0 Å². The molecule has 0 aliphatic rings. The Hall–Kier alpha value is -1.68. The van der Waals surface area contributed by atoms with E-state index >= 15 is 0 Å². The highest BCUT2D eigenvalue weighted by molar-refractivity contribution is 5.88. The van der Waals surface area contributed by atoms with E-state index in [0.717, 1.165) is 13.0 Å². The normalized spacial score (nSPS) is 12.5. The summed E-state index contributed by atoms with van der Waals surface area (Å²) in [6.45, 7) is 5.49. The zero-order chi connectivity index (χ0) is 22.6. The van der Waals surface area contributed by atoms with Gasteiger partial charge in [-0.2, -0.15) is 0 Å². The molecular weight excluding hydrogens is 386 g/mol. The number of rotatable bonds is 20. The van der Waals surface area contributed by atoms with Crippen molar-refractivity contribution in [3.63, 3.8) is 0 Å². The zero-order valence-corrected chi connectivity index (χ0v) is 20.0. The molecule has 1 heterocycles. The van der Waals surface area contributed by atoms with E-state index in [-0.39, 0.29) is 11.5 Å². The van der Waals surface area contributed by atoms with E-state index in [1.54, 1.807) is 18.3 Å². The Morgan fingerprint density at radius 1 is 0.968 bits per heavy atom. The Labute approximate surface area is 190 Å². The topological polar surface area (TPSA) is 59.4 Å². The molecule has 31 heavy (non-hydrogen) atoms. The van der Waals surface area contributed by atoms with E-state index in [1.165, 1.54) is 83.5 Å². The van der Waals surface area contributed by atoms with Crippen LogP contribution in [0.15, 0.2) is 30.5 Å². The second-order valence-electron chi connectivity index (χ2n) is 8.66. The number of aromatic carboxylic acids is 1. The zero-order valence-electron chi connectivity index (χ0n) is 20.0. The number of carbonyl (C=O) groups is 1. The van der Waals surface area contributed by atoms with E-state index in [9.17, 15) is 9.90 Å². The van der Waals surface area contributed by atoms with Crippen LogP contribution in [0, 0.1) is 0 Å². The molecule has 4 heteroatoms. The molecule has 0 aliphatic heterocycles. The molecule has 0 saturated carbocycles. The predicted octanol–water partition coefficient (Wildman–Crippen LogP) is 7.94. The molecule has 0 radical (unpaired) electrons. The first-order valence-corrected chi connectivity index (χ1v) is 12.6. The van der Waals surface area contributed by atoms with Gasteiger partial charge in [-0.05, 0) is 44.2 Å². The van der Waals surface area contributed by atoms with Gasteiger partial charge in [0.05, 0.1) is 17.9 Å². The van der Waals surface area contributed by atoms with Crippen molar-refractivity contribution in [2.75, 3.05) is 13.2 Å². The van der Waals surface area contributed by atoms with Gasteiger partial charge in [-0.25, -0.2) is 4.79 Å². The average molecular weight is 432 g/mol. The minimum Gasteiger partial charge on any atom is -0.478 e. The predicted molar refractivity (Wildman–Crippen MR) is 130 cm³/mol. The maximum atomic E-state index is 11.3. The van der Waals surface area contributed by atoms with Crippen molar-refractivity contribution in [1.82, 2.24) is 4.98 Å². The fourth-order valence-electron chi connectivity index (χ4n) is 3.78. The molecular formula is C27H45NO3. The van der Waals surface area contributed by atoms with Crippen molar-refractivity contribution in [1.29, 1.82) is 0 Å². The van der Waals surface area contributed by atoms with E-state index in [0.29, 0.717) is 12.3 Å². The van der Waals surface area contributed by atoms with Gasteiger partial charge in [-0.1, -0.05) is 83.8 Å². The average Bonchev–Trinajstić information content (AvgIpc) is 2.78. The minimum atomic E-state index is -0.928. The summed E-state index contributed by atoms with van der Waals surface area (Å²) in [5, 5.41) is 9.26. The van der Waals surface area contributed by atoms with Crippen molar-refractivity contribution in [3.8, 4) is 0 Å². The van der Waals surface area contributed by atoms with Crippen LogP contribution in [0.1, 0.15) is 126 Å². The standard InChI is InChI=1S/C27H45NO3/c1-3-4-5-6-7-8-9-10-11-12-13-14-15-16-17-18-22-31-23-24(2)26-25(27(29)30)20-19-21-28-26/h10-11,19-21,24H,3-9,12-18,22-23H2,1-2H3,(H,29,30)/b11-10-. The van der Waals surface area contributed by atoms with Crippen LogP contribution in [0.2, 0.25) is 0 Å². The summed E-state index contributed by atoms with van der Waals surface area (Å²) in [7, 11) is 0. The first-order valence-electron chi connectivity index (χ1n) is 12.6. The van der Waals surface area contributed by atoms with E-state index < -0.39 is 5.97 Å². The molecule has 0 fully saturated rings. The van der Waals surface area contributed by atoms with Crippen LogP contribution in [-0.4, -0.2) is 29.3 Å². The van der Waals surface area contributed by atoms with Crippen molar-refractivity contribution >= 4 is 5.97 Å². The summed E-state index contributed by atoms with van der Waals surface area (Å²) in [5.41, 5.74) is 0.881. The summed E-state index contributed by atoms with van der Waals surface area (Å²) < 4.78 is 5.76. The SMILES string of the molecule is CCCCCCCC/C=C\CCCCCCCCOCC(C)c1ncccc1C(=O)O. The van der Waals surface area contributed by atoms with Crippen LogP contribution in [0.4, 0.5) is 0 Å². The molecule has 0 spiro atoms. The Morgan fingerprint density at radius 3 is 2.16 bits per heavy atom. The molecule has 0 aliphatic carbocycles. The molecule has 4 nitrogen and oxygen atoms in total. The largest absolute Gasteiger partial charge is 0.478 e. The molecule has 1 N–H and O–H groups in total. The lowest BCUT2D eigenvalue weighted by molar-refractivity contribution is 0.0692. The lowest BCUT2D eigenvalue weighted by Gasteiger charge is -2.13. The highest BCUT2D eigenvalue weighted by Gasteiger charge is 2.16. The Balaban J connectivity index is 1.91. The fraction of sp³-hybridized carbons (Fsp3) is 0.704. The lowest BCUT2D eigenvalue weighted by Crippen LogP contribution is -2.12. The summed E-state index contributed by atoms with van der Waals surface area (Å²) in [6, 6.07) is 3.26. The first kappa shape index (κ1) is 27.4. The molecule has 0 bridgehead atoms. The number of nitrogens with zero attached hydrogens (tertiary/aromatic N) is 1. The van der Waals surface area contributed by atoms with Crippen molar-refractivity contribution < 1.29 is 14.6 Å². The van der Waals surface area contributed by atoms with Gasteiger partial charge in [0, 0.05) is 18.7 Å². The van der Waals surface area contributed by atoms with Crippen LogP contribution in [-0.2, 0) is 4.74 Å². The monoisotopic (exact) mass is 431 g/mol. The molecule has 1 unspecified atom stereocenters. The maximum absolute atomic E-state index is 11.3. The first-order chi connectivity index (χ1) is 15.2. The molecule has 1 rings (SSSR count). The molecule has 1 aromatic rings. The van der Waals surface area contributed by atoms with Gasteiger partial charge in [0.25, 0.3) is 0 Å². The second-order valence-corrected chi connectivity index (χ2v) is 8.66. The van der Waals surface area contributed by atoms with Gasteiger partial charge in [0.1, 0.15) is 0 Å². The summed E-state index contributed by atoms with van der Waals surface area (Å²) in [5.74, 6) is -0.940. The molecule has 0 aromatic carbocycles. The number of carboxylic acid groups (broad SMARTS) is 1. The number of aromatic nitrogens is 1. The number of carboxylic acids is 1. The van der Waals surface area contributed by atoms with Crippen LogP contribution in [0.25, 0.3) is 0 Å². The van der Waals surface area contributed by atoms with Crippen molar-refractivity contribution in [3.05, 3.63) is 41.7 Å². The Bertz CT molecular complexity index is 600. The third-order valence-electron chi connectivity index (χ3n) is 5.70. The van der Waals surface area contributed by atoms with Gasteiger partial charge >= 0.3 is 5.97 Å². The number of hydrogen-bond donors (Lipinski definition) is 1. The van der Waals surface area contributed by atoms with Crippen molar-refractivity contribution in [2.45, 2.75) is 110 Å². The molecule has 176 valence electrons.